The van der Waals surface area contributed by atoms with Crippen LogP contribution in [0.2, 0.25) is 10.2 Å². The smallest absolute Gasteiger partial charge is 0.153 e. The summed E-state index contributed by atoms with van der Waals surface area (Å²) in [5, 5.41) is 11.8. The average Bonchev–Trinajstić information content (AvgIpc) is 2.29. The second kappa shape index (κ2) is 5.21. The zero-order valence-corrected chi connectivity index (χ0v) is 11.9. The van der Waals surface area contributed by atoms with E-state index in [0.717, 1.165) is 15.7 Å². The fraction of sp³-hybridized carbons (Fsp3) is 0.0909. The van der Waals surface area contributed by atoms with E-state index < -0.39 is 0 Å². The lowest BCUT2D eigenvalue weighted by Crippen LogP contribution is -1.96. The molecule has 2 aromatic rings. The maximum absolute atomic E-state index is 6.06. The van der Waals surface area contributed by atoms with Crippen molar-refractivity contribution < 1.29 is 0 Å². The molecule has 1 N–H and O–H groups in total. The first-order chi connectivity index (χ1) is 8.06. The minimum Gasteiger partial charge on any atom is -0.338 e. The second-order valence-electron chi connectivity index (χ2n) is 3.45. The van der Waals surface area contributed by atoms with Gasteiger partial charge in [-0.25, -0.2) is 0 Å². The van der Waals surface area contributed by atoms with Crippen molar-refractivity contribution >= 4 is 50.6 Å². The zero-order chi connectivity index (χ0) is 12.4. The molecule has 0 bridgehead atoms. The molecule has 3 nitrogen and oxygen atoms in total. The minimum absolute atomic E-state index is 0.358. The van der Waals surface area contributed by atoms with Crippen molar-refractivity contribution in [2.75, 3.05) is 5.32 Å². The molecule has 88 valence electrons. The molecule has 2 rings (SSSR count). The Kier molecular flexibility index (Phi) is 3.86. The van der Waals surface area contributed by atoms with Crippen LogP contribution in [0.4, 0.5) is 11.5 Å². The van der Waals surface area contributed by atoms with Gasteiger partial charge in [0.1, 0.15) is 0 Å². The van der Waals surface area contributed by atoms with Crippen LogP contribution >= 0.6 is 39.1 Å². The van der Waals surface area contributed by atoms with E-state index in [4.69, 9.17) is 23.2 Å². The van der Waals surface area contributed by atoms with E-state index in [0.29, 0.717) is 16.0 Å². The van der Waals surface area contributed by atoms with E-state index in [-0.39, 0.29) is 0 Å². The SMILES string of the molecule is Cc1cc(Br)c(Nc2ccc(Cl)nn2)cc1Cl. The Bertz CT molecular complexity index is 543. The van der Waals surface area contributed by atoms with Crippen LogP contribution in [0, 0.1) is 6.92 Å². The Morgan fingerprint density at radius 1 is 1.18 bits per heavy atom. The van der Waals surface area contributed by atoms with Gasteiger partial charge in [-0.05, 0) is 52.7 Å². The van der Waals surface area contributed by atoms with Gasteiger partial charge in [-0.2, -0.15) is 0 Å². The van der Waals surface area contributed by atoms with E-state index in [1.807, 2.05) is 19.1 Å². The Hall–Kier alpha value is -0.840. The van der Waals surface area contributed by atoms with Crippen LogP contribution in [-0.4, -0.2) is 10.2 Å². The zero-order valence-electron chi connectivity index (χ0n) is 8.84. The number of aryl methyl sites for hydroxylation is 1. The third-order valence-corrected chi connectivity index (χ3v) is 3.41. The average molecular weight is 333 g/mol. The van der Waals surface area contributed by atoms with Gasteiger partial charge in [-0.3, -0.25) is 0 Å². The number of halogens is 3. The molecular weight excluding hydrogens is 325 g/mol. The summed E-state index contributed by atoms with van der Waals surface area (Å²) in [5.41, 5.74) is 1.84. The van der Waals surface area contributed by atoms with E-state index in [1.165, 1.54) is 0 Å². The Balaban J connectivity index is 2.30. The van der Waals surface area contributed by atoms with E-state index >= 15 is 0 Å². The van der Waals surface area contributed by atoms with Crippen molar-refractivity contribution in [2.24, 2.45) is 0 Å². The maximum atomic E-state index is 6.06. The normalized spacial score (nSPS) is 10.4. The highest BCUT2D eigenvalue weighted by atomic mass is 79.9. The van der Waals surface area contributed by atoms with E-state index in [9.17, 15) is 0 Å². The molecule has 0 fully saturated rings. The summed E-state index contributed by atoms with van der Waals surface area (Å²) in [5.74, 6) is 0.606. The van der Waals surface area contributed by atoms with Crippen LogP contribution in [0.1, 0.15) is 5.56 Å². The molecule has 0 unspecified atom stereocenters. The quantitative estimate of drug-likeness (QED) is 0.873. The van der Waals surface area contributed by atoms with Crippen molar-refractivity contribution in [2.45, 2.75) is 6.92 Å². The molecule has 1 aromatic carbocycles. The predicted octanol–water partition coefficient (Wildman–Crippen LogP) is 4.60. The minimum atomic E-state index is 0.358. The molecule has 1 aromatic heterocycles. The highest BCUT2D eigenvalue weighted by Crippen LogP contribution is 2.30. The summed E-state index contributed by atoms with van der Waals surface area (Å²) in [6.07, 6.45) is 0. The first-order valence-corrected chi connectivity index (χ1v) is 6.33. The number of nitrogens with zero attached hydrogens (tertiary/aromatic N) is 2. The summed E-state index contributed by atoms with van der Waals surface area (Å²) in [4.78, 5) is 0. The molecule has 1 heterocycles. The van der Waals surface area contributed by atoms with Gasteiger partial charge < -0.3 is 5.32 Å². The summed E-state index contributed by atoms with van der Waals surface area (Å²) >= 11 is 15.2. The monoisotopic (exact) mass is 331 g/mol. The number of benzene rings is 1. The van der Waals surface area contributed by atoms with Gasteiger partial charge in [-0.15, -0.1) is 10.2 Å². The van der Waals surface area contributed by atoms with Gasteiger partial charge in [0, 0.05) is 9.50 Å². The molecule has 0 radical (unpaired) electrons. The van der Waals surface area contributed by atoms with Crippen molar-refractivity contribution in [3.63, 3.8) is 0 Å². The fourth-order valence-electron chi connectivity index (χ4n) is 1.26. The Morgan fingerprint density at radius 2 is 1.94 bits per heavy atom. The number of nitrogens with one attached hydrogen (secondary N) is 1. The van der Waals surface area contributed by atoms with Gasteiger partial charge in [-0.1, -0.05) is 23.2 Å². The molecular formula is C11H8BrCl2N3. The molecule has 6 heteroatoms. The van der Waals surface area contributed by atoms with Crippen LogP contribution in [0.25, 0.3) is 0 Å². The molecule has 0 spiro atoms. The largest absolute Gasteiger partial charge is 0.338 e. The highest BCUT2D eigenvalue weighted by Gasteiger charge is 2.05. The Morgan fingerprint density at radius 3 is 2.59 bits per heavy atom. The van der Waals surface area contributed by atoms with Gasteiger partial charge in [0.15, 0.2) is 11.0 Å². The van der Waals surface area contributed by atoms with Crippen LogP contribution in [-0.2, 0) is 0 Å². The summed E-state index contributed by atoms with van der Waals surface area (Å²) < 4.78 is 0.913. The highest BCUT2D eigenvalue weighted by molar-refractivity contribution is 9.10. The predicted molar refractivity (Wildman–Crippen MR) is 74.2 cm³/mol. The van der Waals surface area contributed by atoms with Crippen molar-refractivity contribution in [3.8, 4) is 0 Å². The van der Waals surface area contributed by atoms with Crippen LogP contribution in [0.5, 0.6) is 0 Å². The fourth-order valence-corrected chi connectivity index (χ4v) is 2.08. The van der Waals surface area contributed by atoms with Crippen molar-refractivity contribution in [3.05, 3.63) is 44.5 Å². The number of rotatable bonds is 2. The second-order valence-corrected chi connectivity index (χ2v) is 5.10. The lowest BCUT2D eigenvalue weighted by Gasteiger charge is -2.09. The third kappa shape index (κ3) is 3.09. The summed E-state index contributed by atoms with van der Waals surface area (Å²) in [6.45, 7) is 1.94. The molecule has 0 atom stereocenters. The molecule has 0 saturated carbocycles. The van der Waals surface area contributed by atoms with Gasteiger partial charge >= 0.3 is 0 Å². The standard InChI is InChI=1S/C11H8BrCl2N3/c1-6-4-7(12)9(5-8(6)13)15-11-3-2-10(14)16-17-11/h2-5H,1H3,(H,15,17). The molecule has 0 amide bonds. The number of hydrogen-bond donors (Lipinski definition) is 1. The lowest BCUT2D eigenvalue weighted by atomic mass is 10.2. The number of anilines is 2. The van der Waals surface area contributed by atoms with E-state index in [2.05, 4.69) is 31.4 Å². The molecule has 0 aliphatic heterocycles. The topological polar surface area (TPSA) is 37.8 Å². The van der Waals surface area contributed by atoms with Gasteiger partial charge in [0.2, 0.25) is 0 Å². The van der Waals surface area contributed by atoms with Gasteiger partial charge in [0.25, 0.3) is 0 Å². The summed E-state index contributed by atoms with van der Waals surface area (Å²) in [6, 6.07) is 7.18. The van der Waals surface area contributed by atoms with Gasteiger partial charge in [0.05, 0.1) is 5.69 Å². The lowest BCUT2D eigenvalue weighted by molar-refractivity contribution is 1.04. The molecule has 17 heavy (non-hydrogen) atoms. The van der Waals surface area contributed by atoms with Crippen molar-refractivity contribution in [1.29, 1.82) is 0 Å². The number of aromatic nitrogens is 2. The number of hydrogen-bond acceptors (Lipinski definition) is 3. The maximum Gasteiger partial charge on any atom is 0.153 e. The summed E-state index contributed by atoms with van der Waals surface area (Å²) in [7, 11) is 0. The van der Waals surface area contributed by atoms with Crippen LogP contribution < -0.4 is 5.32 Å². The van der Waals surface area contributed by atoms with Crippen LogP contribution in [0.3, 0.4) is 0 Å². The molecule has 0 aliphatic rings. The Labute approximate surface area is 117 Å². The third-order valence-electron chi connectivity index (χ3n) is 2.14. The van der Waals surface area contributed by atoms with Crippen LogP contribution in [0.15, 0.2) is 28.7 Å². The molecule has 0 aliphatic carbocycles. The first-order valence-electron chi connectivity index (χ1n) is 4.78. The van der Waals surface area contributed by atoms with Crippen molar-refractivity contribution in [1.82, 2.24) is 10.2 Å². The molecule has 0 saturated heterocycles. The first kappa shape index (κ1) is 12.6. The van der Waals surface area contributed by atoms with E-state index in [1.54, 1.807) is 12.1 Å².